The van der Waals surface area contributed by atoms with Crippen LogP contribution in [-0.4, -0.2) is 31.3 Å². The van der Waals surface area contributed by atoms with Crippen LogP contribution in [-0.2, 0) is 4.74 Å². The van der Waals surface area contributed by atoms with Crippen molar-refractivity contribution in [2.24, 2.45) is 0 Å². The number of unbranched alkanes of at least 4 members (excludes halogenated alkanes) is 1. The summed E-state index contributed by atoms with van der Waals surface area (Å²) in [6.07, 6.45) is 1.86. The van der Waals surface area contributed by atoms with Gasteiger partial charge in [-0.25, -0.2) is 4.79 Å². The molecule has 0 heterocycles. The van der Waals surface area contributed by atoms with Gasteiger partial charge in [0, 0.05) is 25.9 Å². The Balaban J connectivity index is 2.56. The second-order valence-corrected chi connectivity index (χ2v) is 3.74. The molecule has 0 aliphatic carbocycles. The number of aromatic carboxylic acids is 1. The van der Waals surface area contributed by atoms with E-state index in [1.165, 1.54) is 6.07 Å². The number of hydrogen-bond donors (Lipinski definition) is 3. The normalized spacial score (nSPS) is 10.2. The predicted molar refractivity (Wildman–Crippen MR) is 67.4 cm³/mol. The lowest BCUT2D eigenvalue weighted by Gasteiger charge is -2.10. The van der Waals surface area contributed by atoms with Crippen LogP contribution in [0.2, 0.25) is 0 Å². The first kappa shape index (κ1) is 13.3. The number of nitrogens with one attached hydrogen (secondary N) is 1. The summed E-state index contributed by atoms with van der Waals surface area (Å²) in [5.41, 5.74) is 6.98. The lowest BCUT2D eigenvalue weighted by atomic mass is 10.1. The highest BCUT2D eigenvalue weighted by Gasteiger charge is 2.09. The summed E-state index contributed by atoms with van der Waals surface area (Å²) in [4.78, 5) is 11.0. The van der Waals surface area contributed by atoms with E-state index in [0.29, 0.717) is 24.5 Å². The molecule has 1 aromatic carbocycles. The first-order valence-electron chi connectivity index (χ1n) is 5.50. The van der Waals surface area contributed by atoms with Crippen molar-refractivity contribution in [3.63, 3.8) is 0 Å². The molecule has 0 fully saturated rings. The average Bonchev–Trinajstić information content (AvgIpc) is 2.28. The van der Waals surface area contributed by atoms with Gasteiger partial charge < -0.3 is 20.9 Å². The van der Waals surface area contributed by atoms with E-state index in [2.05, 4.69) is 5.32 Å². The van der Waals surface area contributed by atoms with Crippen molar-refractivity contribution in [1.82, 2.24) is 0 Å². The number of nitrogens with two attached hydrogens (primary N) is 1. The Morgan fingerprint density at radius 1 is 1.47 bits per heavy atom. The van der Waals surface area contributed by atoms with Crippen LogP contribution in [0.15, 0.2) is 18.2 Å². The molecule has 17 heavy (non-hydrogen) atoms. The van der Waals surface area contributed by atoms with E-state index in [1.807, 2.05) is 0 Å². The zero-order valence-corrected chi connectivity index (χ0v) is 9.90. The van der Waals surface area contributed by atoms with E-state index in [4.69, 9.17) is 15.6 Å². The van der Waals surface area contributed by atoms with Crippen molar-refractivity contribution in [2.45, 2.75) is 12.8 Å². The number of carboxylic acids is 1. The quantitative estimate of drug-likeness (QED) is 0.498. The van der Waals surface area contributed by atoms with Gasteiger partial charge in [0.1, 0.15) is 0 Å². The molecule has 94 valence electrons. The topological polar surface area (TPSA) is 84.6 Å². The van der Waals surface area contributed by atoms with Crippen LogP contribution >= 0.6 is 0 Å². The lowest BCUT2D eigenvalue weighted by Crippen LogP contribution is -2.08. The van der Waals surface area contributed by atoms with Crippen LogP contribution in [0.1, 0.15) is 23.2 Å². The van der Waals surface area contributed by atoms with Crippen molar-refractivity contribution >= 4 is 17.3 Å². The van der Waals surface area contributed by atoms with E-state index in [1.54, 1.807) is 19.2 Å². The van der Waals surface area contributed by atoms with Crippen molar-refractivity contribution in [3.8, 4) is 0 Å². The maximum Gasteiger partial charge on any atom is 0.337 e. The number of anilines is 2. The number of ether oxygens (including phenoxy) is 1. The van der Waals surface area contributed by atoms with Crippen molar-refractivity contribution in [2.75, 3.05) is 31.3 Å². The predicted octanol–water partition coefficient (Wildman–Crippen LogP) is 1.81. The highest BCUT2D eigenvalue weighted by Crippen LogP contribution is 2.19. The highest BCUT2D eigenvalue weighted by molar-refractivity contribution is 5.95. The number of carboxylic acid groups (broad SMARTS) is 1. The van der Waals surface area contributed by atoms with Crippen molar-refractivity contribution < 1.29 is 14.6 Å². The Kier molecular flexibility index (Phi) is 5.29. The molecule has 5 nitrogen and oxygen atoms in total. The number of hydrogen-bond acceptors (Lipinski definition) is 4. The van der Waals surface area contributed by atoms with Crippen LogP contribution in [0.25, 0.3) is 0 Å². The maximum atomic E-state index is 11.0. The van der Waals surface area contributed by atoms with Gasteiger partial charge in [0.05, 0.1) is 11.3 Å². The molecule has 0 spiro atoms. The van der Waals surface area contributed by atoms with Crippen LogP contribution in [0.3, 0.4) is 0 Å². The number of rotatable bonds is 7. The van der Waals surface area contributed by atoms with Gasteiger partial charge in [-0.2, -0.15) is 0 Å². The third-order valence-corrected chi connectivity index (χ3v) is 2.36. The third-order valence-electron chi connectivity index (χ3n) is 2.36. The molecular weight excluding hydrogens is 220 g/mol. The van der Waals surface area contributed by atoms with Crippen LogP contribution in [0, 0.1) is 0 Å². The standard InChI is InChI=1S/C12H18N2O3/c1-17-7-3-2-6-14-11-8-9(13)4-5-10(11)12(15)16/h4-5,8,14H,2-3,6-7,13H2,1H3,(H,15,16). The molecule has 0 saturated carbocycles. The molecule has 0 aromatic heterocycles. The van der Waals surface area contributed by atoms with Gasteiger partial charge in [-0.3, -0.25) is 0 Å². The van der Waals surface area contributed by atoms with Gasteiger partial charge in [0.15, 0.2) is 0 Å². The SMILES string of the molecule is COCCCCNc1cc(N)ccc1C(=O)O. The fourth-order valence-electron chi connectivity index (χ4n) is 1.49. The minimum absolute atomic E-state index is 0.242. The average molecular weight is 238 g/mol. The molecule has 5 heteroatoms. The molecule has 0 bridgehead atoms. The van der Waals surface area contributed by atoms with Crippen LogP contribution in [0.4, 0.5) is 11.4 Å². The maximum absolute atomic E-state index is 11.0. The first-order valence-corrected chi connectivity index (χ1v) is 5.50. The fraction of sp³-hybridized carbons (Fsp3) is 0.417. The highest BCUT2D eigenvalue weighted by atomic mass is 16.5. The molecule has 1 aromatic rings. The summed E-state index contributed by atoms with van der Waals surface area (Å²) >= 11 is 0. The number of methoxy groups -OCH3 is 1. The van der Waals surface area contributed by atoms with E-state index >= 15 is 0 Å². The Morgan fingerprint density at radius 3 is 2.88 bits per heavy atom. The third kappa shape index (κ3) is 4.32. The van der Waals surface area contributed by atoms with E-state index in [0.717, 1.165) is 12.8 Å². The lowest BCUT2D eigenvalue weighted by molar-refractivity contribution is 0.0698. The molecule has 0 amide bonds. The van der Waals surface area contributed by atoms with E-state index in [9.17, 15) is 4.79 Å². The second kappa shape index (κ2) is 6.75. The molecule has 0 atom stereocenters. The molecule has 1 rings (SSSR count). The zero-order chi connectivity index (χ0) is 12.7. The van der Waals surface area contributed by atoms with Gasteiger partial charge >= 0.3 is 5.97 Å². The molecule has 0 saturated heterocycles. The van der Waals surface area contributed by atoms with Gasteiger partial charge in [-0.1, -0.05) is 0 Å². The van der Waals surface area contributed by atoms with Crippen molar-refractivity contribution in [3.05, 3.63) is 23.8 Å². The minimum Gasteiger partial charge on any atom is -0.478 e. The minimum atomic E-state index is -0.954. The summed E-state index contributed by atoms with van der Waals surface area (Å²) in [5, 5.41) is 12.1. The monoisotopic (exact) mass is 238 g/mol. The number of carbonyl (C=O) groups is 1. The first-order chi connectivity index (χ1) is 8.15. The molecule has 0 unspecified atom stereocenters. The van der Waals surface area contributed by atoms with Crippen molar-refractivity contribution in [1.29, 1.82) is 0 Å². The molecule has 0 aliphatic heterocycles. The summed E-state index contributed by atoms with van der Waals surface area (Å²) in [7, 11) is 1.66. The number of benzene rings is 1. The fourth-order valence-corrected chi connectivity index (χ4v) is 1.49. The molecule has 0 radical (unpaired) electrons. The Morgan fingerprint density at radius 2 is 2.24 bits per heavy atom. The van der Waals surface area contributed by atoms with Gasteiger partial charge in [0.2, 0.25) is 0 Å². The van der Waals surface area contributed by atoms with Gasteiger partial charge in [-0.05, 0) is 31.0 Å². The van der Waals surface area contributed by atoms with Crippen LogP contribution < -0.4 is 11.1 Å². The second-order valence-electron chi connectivity index (χ2n) is 3.74. The number of nitrogen functional groups attached to an aromatic ring is 1. The Hall–Kier alpha value is -1.75. The van der Waals surface area contributed by atoms with Gasteiger partial charge in [-0.15, -0.1) is 0 Å². The molecule has 4 N–H and O–H groups in total. The van der Waals surface area contributed by atoms with Crippen LogP contribution in [0.5, 0.6) is 0 Å². The smallest absolute Gasteiger partial charge is 0.337 e. The molecular formula is C12H18N2O3. The Bertz CT molecular complexity index is 380. The zero-order valence-electron chi connectivity index (χ0n) is 9.90. The van der Waals surface area contributed by atoms with E-state index in [-0.39, 0.29) is 5.56 Å². The summed E-state index contributed by atoms with van der Waals surface area (Å²) in [6.45, 7) is 1.41. The largest absolute Gasteiger partial charge is 0.478 e. The summed E-state index contributed by atoms with van der Waals surface area (Å²) in [5.74, 6) is -0.954. The van der Waals surface area contributed by atoms with E-state index < -0.39 is 5.97 Å². The van der Waals surface area contributed by atoms with Gasteiger partial charge in [0.25, 0.3) is 0 Å². The summed E-state index contributed by atoms with van der Waals surface area (Å²) < 4.78 is 4.93. The summed E-state index contributed by atoms with van der Waals surface area (Å²) in [6, 6.07) is 4.73. The molecule has 0 aliphatic rings. The Labute approximate surface area is 101 Å².